The van der Waals surface area contributed by atoms with Crippen LogP contribution < -0.4 is 4.90 Å². The predicted molar refractivity (Wildman–Crippen MR) is 93.3 cm³/mol. The molecule has 0 saturated heterocycles. The summed E-state index contributed by atoms with van der Waals surface area (Å²) in [5.41, 5.74) is 3.51. The van der Waals surface area contributed by atoms with Crippen molar-refractivity contribution in [2.24, 2.45) is 0 Å². The van der Waals surface area contributed by atoms with Crippen LogP contribution in [0.2, 0.25) is 0 Å². The predicted octanol–water partition coefficient (Wildman–Crippen LogP) is 3.00. The molecule has 0 N–H and O–H groups in total. The van der Waals surface area contributed by atoms with Crippen LogP contribution in [-0.4, -0.2) is 26.6 Å². The first-order valence-corrected chi connectivity index (χ1v) is 9.97. The minimum absolute atomic E-state index is 0.0482. The lowest BCUT2D eigenvalue weighted by Gasteiger charge is -2.30. The first kappa shape index (κ1) is 15.4. The number of rotatable bonds is 1. The van der Waals surface area contributed by atoms with E-state index in [9.17, 15) is 13.2 Å². The number of para-hydroxylation sites is 1. The summed E-state index contributed by atoms with van der Waals surface area (Å²) < 4.78 is 24.2. The third-order valence-electron chi connectivity index (χ3n) is 4.86. The maximum atomic E-state index is 13.0. The van der Waals surface area contributed by atoms with Crippen molar-refractivity contribution in [3.05, 3.63) is 59.2 Å². The molecule has 0 aromatic heterocycles. The Morgan fingerprint density at radius 3 is 2.62 bits per heavy atom. The van der Waals surface area contributed by atoms with Crippen molar-refractivity contribution in [1.29, 1.82) is 0 Å². The number of sulfone groups is 1. The van der Waals surface area contributed by atoms with Crippen LogP contribution >= 0.6 is 0 Å². The minimum atomic E-state index is -3.18. The number of aryl methyl sites for hydroxylation is 2. The van der Waals surface area contributed by atoms with Crippen molar-refractivity contribution in [3.8, 4) is 0 Å². The number of nitrogens with zero attached hydrogens (tertiary/aromatic N) is 1. The molecule has 4 rings (SSSR count). The quantitative estimate of drug-likeness (QED) is 0.801. The average Bonchev–Trinajstić information content (AvgIpc) is 2.60. The molecule has 124 valence electrons. The van der Waals surface area contributed by atoms with Crippen molar-refractivity contribution in [2.45, 2.75) is 30.6 Å². The Labute approximate surface area is 142 Å². The van der Waals surface area contributed by atoms with Crippen LogP contribution in [0.4, 0.5) is 5.69 Å². The molecule has 2 heterocycles. The van der Waals surface area contributed by atoms with Gasteiger partial charge >= 0.3 is 0 Å². The number of hydrogen-bond donors (Lipinski definition) is 0. The van der Waals surface area contributed by atoms with Crippen molar-refractivity contribution in [1.82, 2.24) is 0 Å². The molecule has 24 heavy (non-hydrogen) atoms. The van der Waals surface area contributed by atoms with Gasteiger partial charge in [-0.1, -0.05) is 18.2 Å². The molecule has 0 bridgehead atoms. The average molecular weight is 341 g/mol. The third-order valence-corrected chi connectivity index (χ3v) is 6.75. The molecule has 0 atom stereocenters. The fourth-order valence-electron chi connectivity index (χ4n) is 3.67. The first-order chi connectivity index (χ1) is 11.6. The van der Waals surface area contributed by atoms with Crippen LogP contribution in [0.1, 0.15) is 34.3 Å². The molecule has 1 amide bonds. The van der Waals surface area contributed by atoms with E-state index in [4.69, 9.17) is 0 Å². The highest BCUT2D eigenvalue weighted by Gasteiger charge is 2.27. The highest BCUT2D eigenvalue weighted by Crippen LogP contribution is 2.30. The van der Waals surface area contributed by atoms with Crippen LogP contribution in [0.3, 0.4) is 0 Å². The van der Waals surface area contributed by atoms with Crippen molar-refractivity contribution >= 4 is 21.4 Å². The second-order valence-corrected chi connectivity index (χ2v) is 8.51. The summed E-state index contributed by atoms with van der Waals surface area (Å²) in [4.78, 5) is 15.2. The molecule has 0 radical (unpaired) electrons. The molecular formula is C19H19NO3S. The second-order valence-electron chi connectivity index (χ2n) is 6.43. The number of carbonyl (C=O) groups is 1. The van der Waals surface area contributed by atoms with Gasteiger partial charge in [0.25, 0.3) is 5.91 Å². The number of anilines is 1. The van der Waals surface area contributed by atoms with Crippen molar-refractivity contribution < 1.29 is 13.2 Å². The Balaban J connectivity index is 1.72. The van der Waals surface area contributed by atoms with Crippen molar-refractivity contribution in [2.75, 3.05) is 17.2 Å². The largest absolute Gasteiger partial charge is 0.308 e. The molecular weight excluding hydrogens is 322 g/mol. The summed E-state index contributed by atoms with van der Waals surface area (Å²) in [6.07, 6.45) is 3.27. The molecule has 0 spiro atoms. The van der Waals surface area contributed by atoms with Gasteiger partial charge in [-0.2, -0.15) is 0 Å². The Morgan fingerprint density at radius 2 is 1.75 bits per heavy atom. The van der Waals surface area contributed by atoms with Gasteiger partial charge in [-0.3, -0.25) is 4.79 Å². The molecule has 5 heteroatoms. The minimum Gasteiger partial charge on any atom is -0.308 e. The van der Waals surface area contributed by atoms with E-state index in [-0.39, 0.29) is 11.7 Å². The Kier molecular flexibility index (Phi) is 3.68. The SMILES string of the molecule is O=C(c1ccc2c(c1)CCCS2(=O)=O)N1CCCc2ccccc21. The molecule has 2 aromatic carbocycles. The summed E-state index contributed by atoms with van der Waals surface area (Å²) in [5, 5.41) is 0. The Hall–Kier alpha value is -2.14. The van der Waals surface area contributed by atoms with E-state index in [1.165, 1.54) is 5.56 Å². The molecule has 2 aliphatic rings. The number of fused-ring (bicyclic) bond motifs is 2. The lowest BCUT2D eigenvalue weighted by molar-refractivity contribution is 0.0985. The first-order valence-electron chi connectivity index (χ1n) is 8.32. The zero-order chi connectivity index (χ0) is 16.7. The number of hydrogen-bond acceptors (Lipinski definition) is 3. The van der Waals surface area contributed by atoms with Crippen molar-refractivity contribution in [3.63, 3.8) is 0 Å². The normalized spacial score (nSPS) is 18.6. The highest BCUT2D eigenvalue weighted by atomic mass is 32.2. The molecule has 0 fully saturated rings. The van der Waals surface area contributed by atoms with Crippen LogP contribution in [0.15, 0.2) is 47.4 Å². The Morgan fingerprint density at radius 1 is 0.958 bits per heavy atom. The fourth-order valence-corrected chi connectivity index (χ4v) is 5.25. The summed E-state index contributed by atoms with van der Waals surface area (Å²) in [6.45, 7) is 0.700. The van der Waals surface area contributed by atoms with E-state index in [1.807, 2.05) is 23.1 Å². The van der Waals surface area contributed by atoms with E-state index in [0.717, 1.165) is 24.1 Å². The number of amides is 1. The van der Waals surface area contributed by atoms with E-state index in [0.29, 0.717) is 29.8 Å². The second kappa shape index (κ2) is 5.74. The van der Waals surface area contributed by atoms with Gasteiger partial charge in [0.2, 0.25) is 0 Å². The zero-order valence-electron chi connectivity index (χ0n) is 13.4. The van der Waals surface area contributed by atoms with Gasteiger partial charge in [0.15, 0.2) is 9.84 Å². The van der Waals surface area contributed by atoms with Crippen LogP contribution in [-0.2, 0) is 22.7 Å². The van der Waals surface area contributed by atoms with Crippen LogP contribution in [0.5, 0.6) is 0 Å². The lowest BCUT2D eigenvalue weighted by Crippen LogP contribution is -2.35. The van der Waals surface area contributed by atoms with Gasteiger partial charge in [0.1, 0.15) is 0 Å². The third kappa shape index (κ3) is 2.53. The standard InChI is InChI=1S/C19H19NO3S/c21-19(20-11-3-6-14-5-1-2-8-17(14)20)16-9-10-18-15(13-16)7-4-12-24(18,22)23/h1-2,5,8-10,13H,3-4,6-7,11-12H2. The van der Waals surface area contributed by atoms with Gasteiger partial charge in [-0.15, -0.1) is 0 Å². The topological polar surface area (TPSA) is 54.5 Å². The summed E-state index contributed by atoms with van der Waals surface area (Å²) in [7, 11) is -3.18. The zero-order valence-corrected chi connectivity index (χ0v) is 14.2. The molecule has 4 nitrogen and oxygen atoms in total. The maximum Gasteiger partial charge on any atom is 0.258 e. The molecule has 0 saturated carbocycles. The van der Waals surface area contributed by atoms with Crippen LogP contribution in [0, 0.1) is 0 Å². The summed E-state index contributed by atoms with van der Waals surface area (Å²) in [6, 6.07) is 13.0. The maximum absolute atomic E-state index is 13.0. The van der Waals surface area contributed by atoms with E-state index < -0.39 is 9.84 Å². The summed E-state index contributed by atoms with van der Waals surface area (Å²) >= 11 is 0. The van der Waals surface area contributed by atoms with E-state index >= 15 is 0 Å². The lowest BCUT2D eigenvalue weighted by atomic mass is 10.00. The fraction of sp³-hybridized carbons (Fsp3) is 0.316. The Bertz CT molecular complexity index is 918. The van der Waals surface area contributed by atoms with Gasteiger partial charge in [0.05, 0.1) is 10.6 Å². The molecule has 2 aliphatic heterocycles. The van der Waals surface area contributed by atoms with Gasteiger partial charge in [0, 0.05) is 17.8 Å². The number of benzene rings is 2. The highest BCUT2D eigenvalue weighted by molar-refractivity contribution is 7.91. The molecule has 0 unspecified atom stereocenters. The van der Waals surface area contributed by atoms with Gasteiger partial charge < -0.3 is 4.90 Å². The smallest absolute Gasteiger partial charge is 0.258 e. The summed E-state index contributed by atoms with van der Waals surface area (Å²) in [5.74, 6) is 0.153. The van der Waals surface area contributed by atoms with Gasteiger partial charge in [-0.25, -0.2) is 8.42 Å². The monoisotopic (exact) mass is 341 g/mol. The van der Waals surface area contributed by atoms with Crippen LogP contribution in [0.25, 0.3) is 0 Å². The van der Waals surface area contributed by atoms with Gasteiger partial charge in [-0.05, 0) is 61.1 Å². The molecule has 0 aliphatic carbocycles. The number of carbonyl (C=O) groups excluding carboxylic acids is 1. The van der Waals surface area contributed by atoms with E-state index in [1.54, 1.807) is 18.2 Å². The molecule has 2 aromatic rings. The van der Waals surface area contributed by atoms with E-state index in [2.05, 4.69) is 6.07 Å².